The SMILES string of the molecule is COc1ccc(C(CC(=O)O)C(=O)O)cc1F. The molecule has 0 saturated heterocycles. The van der Waals surface area contributed by atoms with Crippen LogP contribution in [0.15, 0.2) is 18.2 Å². The van der Waals surface area contributed by atoms with Gasteiger partial charge in [0.05, 0.1) is 19.4 Å². The molecule has 0 aliphatic rings. The minimum absolute atomic E-state index is 0.0202. The normalized spacial score (nSPS) is 11.9. The van der Waals surface area contributed by atoms with Crippen LogP contribution in [0.4, 0.5) is 4.39 Å². The van der Waals surface area contributed by atoms with Gasteiger partial charge in [0.15, 0.2) is 11.6 Å². The lowest BCUT2D eigenvalue weighted by Gasteiger charge is -2.11. The highest BCUT2D eigenvalue weighted by Crippen LogP contribution is 2.25. The standard InChI is InChI=1S/C11H11FO5/c1-17-9-3-2-6(4-8(9)12)7(11(15)16)5-10(13)14/h2-4,7H,5H2,1H3,(H,13,14)(H,15,16). The van der Waals surface area contributed by atoms with Crippen molar-refractivity contribution in [2.75, 3.05) is 7.11 Å². The molecule has 1 aromatic carbocycles. The number of hydrogen-bond acceptors (Lipinski definition) is 3. The molecule has 6 heteroatoms. The first kappa shape index (κ1) is 13.0. The maximum Gasteiger partial charge on any atom is 0.311 e. The van der Waals surface area contributed by atoms with Gasteiger partial charge in [-0.1, -0.05) is 6.07 Å². The summed E-state index contributed by atoms with van der Waals surface area (Å²) in [6, 6.07) is 3.58. The summed E-state index contributed by atoms with van der Waals surface area (Å²) < 4.78 is 18.0. The third-order valence-corrected chi connectivity index (χ3v) is 2.26. The second-order valence-corrected chi connectivity index (χ2v) is 3.38. The van der Waals surface area contributed by atoms with E-state index in [-0.39, 0.29) is 11.3 Å². The Morgan fingerprint density at radius 2 is 2.06 bits per heavy atom. The van der Waals surface area contributed by atoms with Crippen LogP contribution in [0.2, 0.25) is 0 Å². The number of halogens is 1. The van der Waals surface area contributed by atoms with Crippen LogP contribution in [0.1, 0.15) is 17.9 Å². The molecule has 92 valence electrons. The maximum atomic E-state index is 13.3. The molecular weight excluding hydrogens is 231 g/mol. The van der Waals surface area contributed by atoms with Crippen molar-refractivity contribution in [3.8, 4) is 5.75 Å². The molecule has 0 bridgehead atoms. The fourth-order valence-corrected chi connectivity index (χ4v) is 1.42. The summed E-state index contributed by atoms with van der Waals surface area (Å²) in [6.07, 6.45) is -0.596. The van der Waals surface area contributed by atoms with Gasteiger partial charge in [0.1, 0.15) is 0 Å². The lowest BCUT2D eigenvalue weighted by Crippen LogP contribution is -2.16. The van der Waals surface area contributed by atoms with Gasteiger partial charge in [0, 0.05) is 0 Å². The highest BCUT2D eigenvalue weighted by Gasteiger charge is 2.24. The van der Waals surface area contributed by atoms with Gasteiger partial charge in [0.25, 0.3) is 0 Å². The average Bonchev–Trinajstić information content (AvgIpc) is 2.25. The molecule has 0 aromatic heterocycles. The fraction of sp³-hybridized carbons (Fsp3) is 0.273. The third kappa shape index (κ3) is 3.17. The Morgan fingerprint density at radius 1 is 1.41 bits per heavy atom. The van der Waals surface area contributed by atoms with E-state index in [4.69, 9.17) is 10.2 Å². The highest BCUT2D eigenvalue weighted by atomic mass is 19.1. The number of rotatable bonds is 5. The molecule has 0 amide bonds. The van der Waals surface area contributed by atoms with Crippen LogP contribution in [-0.2, 0) is 9.59 Å². The Kier molecular flexibility index (Phi) is 4.03. The first-order valence-corrected chi connectivity index (χ1v) is 4.73. The van der Waals surface area contributed by atoms with E-state index in [1.165, 1.54) is 19.2 Å². The van der Waals surface area contributed by atoms with Gasteiger partial charge in [-0.2, -0.15) is 0 Å². The molecule has 0 fully saturated rings. The molecule has 1 aromatic rings. The van der Waals surface area contributed by atoms with Crippen molar-refractivity contribution in [1.29, 1.82) is 0 Å². The summed E-state index contributed by atoms with van der Waals surface area (Å²) in [4.78, 5) is 21.4. The lowest BCUT2D eigenvalue weighted by atomic mass is 9.96. The second-order valence-electron chi connectivity index (χ2n) is 3.38. The monoisotopic (exact) mass is 242 g/mol. The predicted octanol–water partition coefficient (Wildman–Crippen LogP) is 1.48. The van der Waals surface area contributed by atoms with Crippen LogP contribution in [0.3, 0.4) is 0 Å². The number of benzene rings is 1. The Hall–Kier alpha value is -2.11. The van der Waals surface area contributed by atoms with Crippen molar-refractivity contribution in [2.45, 2.75) is 12.3 Å². The molecule has 5 nitrogen and oxygen atoms in total. The zero-order valence-electron chi connectivity index (χ0n) is 9.01. The first-order valence-electron chi connectivity index (χ1n) is 4.73. The van der Waals surface area contributed by atoms with E-state index >= 15 is 0 Å². The summed E-state index contributed by atoms with van der Waals surface area (Å²) in [5.74, 6) is -4.58. The molecule has 0 saturated carbocycles. The predicted molar refractivity (Wildman–Crippen MR) is 55.6 cm³/mol. The van der Waals surface area contributed by atoms with E-state index in [0.29, 0.717) is 0 Å². The molecule has 17 heavy (non-hydrogen) atoms. The van der Waals surface area contributed by atoms with Crippen LogP contribution < -0.4 is 4.74 Å². The minimum atomic E-state index is -1.31. The molecule has 0 radical (unpaired) electrons. The molecule has 0 aliphatic carbocycles. The van der Waals surface area contributed by atoms with Crippen molar-refractivity contribution in [3.63, 3.8) is 0 Å². The summed E-state index contributed by atoms with van der Waals surface area (Å²) in [5.41, 5.74) is 0.0956. The summed E-state index contributed by atoms with van der Waals surface area (Å²) in [6.45, 7) is 0. The number of ether oxygens (including phenoxy) is 1. The first-order chi connectivity index (χ1) is 7.95. The van der Waals surface area contributed by atoms with Gasteiger partial charge in [-0.05, 0) is 17.7 Å². The quantitative estimate of drug-likeness (QED) is 0.816. The smallest absolute Gasteiger partial charge is 0.311 e. The van der Waals surface area contributed by atoms with E-state index in [1.807, 2.05) is 0 Å². The summed E-state index contributed by atoms with van der Waals surface area (Å²) in [7, 11) is 1.28. The summed E-state index contributed by atoms with van der Waals surface area (Å²) >= 11 is 0. The minimum Gasteiger partial charge on any atom is -0.494 e. The topological polar surface area (TPSA) is 83.8 Å². The van der Waals surface area contributed by atoms with Gasteiger partial charge < -0.3 is 14.9 Å². The Morgan fingerprint density at radius 3 is 2.47 bits per heavy atom. The summed E-state index contributed by atoms with van der Waals surface area (Å²) in [5, 5.41) is 17.5. The van der Waals surface area contributed by atoms with E-state index in [2.05, 4.69) is 4.74 Å². The number of carbonyl (C=O) groups is 2. The molecular formula is C11H11FO5. The number of methoxy groups -OCH3 is 1. The van der Waals surface area contributed by atoms with Crippen LogP contribution in [-0.4, -0.2) is 29.3 Å². The zero-order valence-corrected chi connectivity index (χ0v) is 9.01. The van der Waals surface area contributed by atoms with Crippen molar-refractivity contribution in [2.24, 2.45) is 0 Å². The largest absolute Gasteiger partial charge is 0.494 e. The Balaban J connectivity index is 3.06. The van der Waals surface area contributed by atoms with E-state index < -0.39 is 30.1 Å². The molecule has 0 spiro atoms. The number of aliphatic carboxylic acids is 2. The maximum absolute atomic E-state index is 13.3. The molecule has 1 unspecified atom stereocenters. The second kappa shape index (κ2) is 5.29. The molecule has 1 rings (SSSR count). The lowest BCUT2D eigenvalue weighted by molar-refractivity contribution is -0.145. The van der Waals surface area contributed by atoms with Crippen molar-refractivity contribution < 1.29 is 28.9 Å². The van der Waals surface area contributed by atoms with Crippen molar-refractivity contribution in [3.05, 3.63) is 29.6 Å². The van der Waals surface area contributed by atoms with Crippen molar-refractivity contribution in [1.82, 2.24) is 0 Å². The van der Waals surface area contributed by atoms with E-state index in [9.17, 15) is 14.0 Å². The van der Waals surface area contributed by atoms with Crippen LogP contribution in [0, 0.1) is 5.82 Å². The van der Waals surface area contributed by atoms with Crippen LogP contribution in [0.5, 0.6) is 5.75 Å². The van der Waals surface area contributed by atoms with E-state index in [1.54, 1.807) is 0 Å². The van der Waals surface area contributed by atoms with Crippen molar-refractivity contribution >= 4 is 11.9 Å². The van der Waals surface area contributed by atoms with Crippen LogP contribution >= 0.6 is 0 Å². The molecule has 1 atom stereocenters. The van der Waals surface area contributed by atoms with E-state index in [0.717, 1.165) is 6.07 Å². The molecule has 2 N–H and O–H groups in total. The number of carboxylic acid groups (broad SMARTS) is 2. The zero-order chi connectivity index (χ0) is 13.0. The fourth-order valence-electron chi connectivity index (χ4n) is 1.42. The highest BCUT2D eigenvalue weighted by molar-refractivity contribution is 5.82. The number of carboxylic acids is 2. The Bertz CT molecular complexity index is 443. The van der Waals surface area contributed by atoms with Gasteiger partial charge >= 0.3 is 11.9 Å². The molecule has 0 aliphatic heterocycles. The van der Waals surface area contributed by atoms with Gasteiger partial charge in [-0.25, -0.2) is 4.39 Å². The van der Waals surface area contributed by atoms with Gasteiger partial charge in [-0.15, -0.1) is 0 Å². The van der Waals surface area contributed by atoms with Gasteiger partial charge in [-0.3, -0.25) is 9.59 Å². The number of hydrogen-bond donors (Lipinski definition) is 2. The average molecular weight is 242 g/mol. The third-order valence-electron chi connectivity index (χ3n) is 2.26. The Labute approximate surface area is 96.4 Å². The van der Waals surface area contributed by atoms with Crippen LogP contribution in [0.25, 0.3) is 0 Å². The van der Waals surface area contributed by atoms with Gasteiger partial charge in [0.2, 0.25) is 0 Å². The molecule has 0 heterocycles.